The van der Waals surface area contributed by atoms with Crippen LogP contribution in [0.2, 0.25) is 5.02 Å². The van der Waals surface area contributed by atoms with E-state index in [2.05, 4.69) is 27.3 Å². The topological polar surface area (TPSA) is 92.4 Å². The van der Waals surface area contributed by atoms with Gasteiger partial charge in [0.25, 0.3) is 5.91 Å². The Hall–Kier alpha value is -3.22. The number of nitrogens with two attached hydrogens (primary N) is 1. The molecule has 0 saturated carbocycles. The number of aliphatic imine (C=N–C) groups is 1. The number of hydrogen-bond acceptors (Lipinski definition) is 5. The Morgan fingerprint density at radius 3 is 2.81 bits per heavy atom. The number of nitrogens with one attached hydrogen (secondary N) is 2. The first kappa shape index (κ1) is 18.6. The van der Waals surface area contributed by atoms with Gasteiger partial charge in [0.15, 0.2) is 0 Å². The van der Waals surface area contributed by atoms with Gasteiger partial charge < -0.3 is 5.32 Å². The predicted octanol–water partition coefficient (Wildman–Crippen LogP) is 2.13. The van der Waals surface area contributed by atoms with Gasteiger partial charge in [-0.1, -0.05) is 30.3 Å². The first-order chi connectivity index (χ1) is 13.0. The molecule has 1 amide bonds. The molecule has 0 spiro atoms. The number of anilines is 2. The van der Waals surface area contributed by atoms with Crippen molar-refractivity contribution in [1.82, 2.24) is 10.4 Å². The van der Waals surface area contributed by atoms with E-state index in [-0.39, 0.29) is 5.91 Å². The van der Waals surface area contributed by atoms with Crippen LogP contribution in [0.4, 0.5) is 11.5 Å². The molecule has 0 atom stereocenters. The number of pyridine rings is 1. The molecule has 3 aromatic rings. The minimum absolute atomic E-state index is 0.387. The summed E-state index contributed by atoms with van der Waals surface area (Å²) in [6.07, 6.45) is 3.51. The highest BCUT2D eigenvalue weighted by Gasteiger charge is 2.09. The van der Waals surface area contributed by atoms with Gasteiger partial charge in [-0.25, -0.2) is 10.8 Å². The van der Waals surface area contributed by atoms with Gasteiger partial charge in [0.2, 0.25) is 0 Å². The van der Waals surface area contributed by atoms with Crippen LogP contribution in [-0.4, -0.2) is 24.2 Å². The number of halogens is 1. The standard InChI is InChI=1S/C20H18ClN5O/c1-12-16-7-6-13(20(27)26-22)10-18(16)25-19(17(12)8-9-23-2)24-15-5-3-4-14(21)11-15/h3-11H,1,22H2,2H3,(H,24,25)(H,26,27)/b17-8+,23-9-. The number of nitrogens with zero attached hydrogens (tertiary/aromatic N) is 2. The van der Waals surface area contributed by atoms with Gasteiger partial charge in [-0.05, 0) is 41.6 Å². The third-order valence-corrected chi connectivity index (χ3v) is 4.24. The maximum Gasteiger partial charge on any atom is 0.265 e. The van der Waals surface area contributed by atoms with Gasteiger partial charge in [0.05, 0.1) is 5.52 Å². The number of amides is 1. The molecule has 0 aliphatic carbocycles. The summed E-state index contributed by atoms with van der Waals surface area (Å²) in [5.74, 6) is 5.42. The summed E-state index contributed by atoms with van der Waals surface area (Å²) >= 11 is 6.07. The molecule has 1 aromatic heterocycles. The highest BCUT2D eigenvalue weighted by molar-refractivity contribution is 6.30. The summed E-state index contributed by atoms with van der Waals surface area (Å²) in [6, 6.07) is 12.5. The predicted molar refractivity (Wildman–Crippen MR) is 112 cm³/mol. The van der Waals surface area contributed by atoms with Gasteiger partial charge in [0, 0.05) is 40.1 Å². The Morgan fingerprint density at radius 1 is 1.30 bits per heavy atom. The molecular formula is C20H18ClN5O. The van der Waals surface area contributed by atoms with Crippen molar-refractivity contribution in [3.8, 4) is 0 Å². The highest BCUT2D eigenvalue weighted by Crippen LogP contribution is 2.18. The average molecular weight is 380 g/mol. The molecule has 1 heterocycles. The third-order valence-electron chi connectivity index (χ3n) is 4.01. The molecule has 2 aromatic carbocycles. The smallest absolute Gasteiger partial charge is 0.265 e. The van der Waals surface area contributed by atoms with Crippen molar-refractivity contribution in [2.75, 3.05) is 12.4 Å². The van der Waals surface area contributed by atoms with E-state index in [1.165, 1.54) is 0 Å². The summed E-state index contributed by atoms with van der Waals surface area (Å²) in [7, 11) is 1.69. The van der Waals surface area contributed by atoms with Crippen molar-refractivity contribution < 1.29 is 4.79 Å². The molecule has 0 aliphatic heterocycles. The van der Waals surface area contributed by atoms with Crippen LogP contribution in [0.25, 0.3) is 23.6 Å². The summed E-state index contributed by atoms with van der Waals surface area (Å²) in [5, 5.41) is 6.27. The van der Waals surface area contributed by atoms with E-state index in [1.54, 1.807) is 43.6 Å². The maximum atomic E-state index is 11.8. The van der Waals surface area contributed by atoms with Gasteiger partial charge in [0.1, 0.15) is 5.82 Å². The number of hydrazine groups is 1. The van der Waals surface area contributed by atoms with Crippen molar-refractivity contribution in [3.63, 3.8) is 0 Å². The Kier molecular flexibility index (Phi) is 5.49. The molecule has 0 saturated heterocycles. The quantitative estimate of drug-likeness (QED) is 0.280. The van der Waals surface area contributed by atoms with E-state index < -0.39 is 0 Å². The fraction of sp³-hybridized carbons (Fsp3) is 0.0500. The molecule has 0 unspecified atom stereocenters. The van der Waals surface area contributed by atoms with E-state index in [1.807, 2.05) is 18.2 Å². The van der Waals surface area contributed by atoms with Crippen LogP contribution in [-0.2, 0) is 0 Å². The Morgan fingerprint density at radius 2 is 2.11 bits per heavy atom. The number of nitrogen functional groups attached to an aromatic ring is 1. The number of benzene rings is 2. The Labute approximate surface area is 161 Å². The largest absolute Gasteiger partial charge is 0.340 e. The number of fused-ring (bicyclic) bond motifs is 1. The van der Waals surface area contributed by atoms with Crippen LogP contribution in [0.1, 0.15) is 10.4 Å². The lowest BCUT2D eigenvalue weighted by atomic mass is 10.1. The highest BCUT2D eigenvalue weighted by atomic mass is 35.5. The van der Waals surface area contributed by atoms with Crippen LogP contribution in [0.3, 0.4) is 0 Å². The summed E-state index contributed by atoms with van der Waals surface area (Å²) in [4.78, 5) is 20.5. The Bertz CT molecular complexity index is 1160. The molecule has 0 aliphatic rings. The number of carbonyl (C=O) groups excluding carboxylic acids is 1. The van der Waals surface area contributed by atoms with Crippen LogP contribution in [0.5, 0.6) is 0 Å². The number of aromatic nitrogens is 1. The van der Waals surface area contributed by atoms with E-state index >= 15 is 0 Å². The molecule has 0 fully saturated rings. The lowest BCUT2D eigenvalue weighted by Crippen LogP contribution is -2.31. The van der Waals surface area contributed by atoms with Crippen molar-refractivity contribution in [3.05, 3.63) is 63.5 Å². The fourth-order valence-corrected chi connectivity index (χ4v) is 2.89. The van der Waals surface area contributed by atoms with E-state index in [0.717, 1.165) is 21.5 Å². The molecular weight excluding hydrogens is 362 g/mol. The average Bonchev–Trinajstić information content (AvgIpc) is 2.66. The molecule has 7 heteroatoms. The number of carbonyl (C=O) groups is 1. The summed E-state index contributed by atoms with van der Waals surface area (Å²) < 4.78 is 0. The second kappa shape index (κ2) is 7.99. The molecule has 0 radical (unpaired) electrons. The Balaban J connectivity index is 2.24. The molecule has 3 rings (SSSR count). The number of rotatable bonds is 4. The second-order valence-electron chi connectivity index (χ2n) is 5.77. The molecule has 0 bridgehead atoms. The zero-order valence-corrected chi connectivity index (χ0v) is 15.4. The van der Waals surface area contributed by atoms with E-state index in [4.69, 9.17) is 17.4 Å². The minimum Gasteiger partial charge on any atom is -0.340 e. The molecule has 4 N–H and O–H groups in total. The van der Waals surface area contributed by atoms with E-state index in [0.29, 0.717) is 21.9 Å². The number of hydrogen-bond donors (Lipinski definition) is 3. The van der Waals surface area contributed by atoms with Gasteiger partial charge in [-0.15, -0.1) is 0 Å². The first-order valence-electron chi connectivity index (χ1n) is 8.12. The van der Waals surface area contributed by atoms with Crippen LogP contribution in [0.15, 0.2) is 47.5 Å². The van der Waals surface area contributed by atoms with Crippen molar-refractivity contribution in [1.29, 1.82) is 0 Å². The van der Waals surface area contributed by atoms with Gasteiger partial charge in [-0.2, -0.15) is 0 Å². The zero-order valence-electron chi connectivity index (χ0n) is 14.7. The molecule has 6 nitrogen and oxygen atoms in total. The monoisotopic (exact) mass is 379 g/mol. The van der Waals surface area contributed by atoms with Crippen LogP contribution < -0.4 is 27.0 Å². The third kappa shape index (κ3) is 3.97. The van der Waals surface area contributed by atoms with Gasteiger partial charge >= 0.3 is 0 Å². The lowest BCUT2D eigenvalue weighted by Gasteiger charge is -2.10. The SMILES string of the molecule is C=c1/c(=C\C=N/C)c(Nc2cccc(Cl)c2)nc2cc(C(=O)NN)ccc12. The lowest BCUT2D eigenvalue weighted by molar-refractivity contribution is 0.0954. The molecule has 136 valence electrons. The summed E-state index contributed by atoms with van der Waals surface area (Å²) in [5.41, 5.74) is 3.95. The maximum absolute atomic E-state index is 11.8. The van der Waals surface area contributed by atoms with Crippen LogP contribution >= 0.6 is 11.6 Å². The van der Waals surface area contributed by atoms with Crippen molar-refractivity contribution in [2.24, 2.45) is 10.8 Å². The van der Waals surface area contributed by atoms with Gasteiger partial charge in [-0.3, -0.25) is 15.2 Å². The van der Waals surface area contributed by atoms with Crippen molar-refractivity contribution in [2.45, 2.75) is 0 Å². The second-order valence-corrected chi connectivity index (χ2v) is 6.20. The zero-order chi connectivity index (χ0) is 19.4. The summed E-state index contributed by atoms with van der Waals surface area (Å²) in [6.45, 7) is 4.19. The molecule has 27 heavy (non-hydrogen) atoms. The first-order valence-corrected chi connectivity index (χ1v) is 8.50. The van der Waals surface area contributed by atoms with Crippen LogP contribution in [0, 0.1) is 0 Å². The van der Waals surface area contributed by atoms with E-state index in [9.17, 15) is 4.79 Å². The van der Waals surface area contributed by atoms with Crippen molar-refractivity contribution >= 4 is 58.8 Å². The minimum atomic E-state index is -0.387. The normalized spacial score (nSPS) is 11.9. The fourth-order valence-electron chi connectivity index (χ4n) is 2.70.